The third-order valence-electron chi connectivity index (χ3n) is 2.36. The van der Waals surface area contributed by atoms with E-state index in [1.807, 2.05) is 19.1 Å². The minimum absolute atomic E-state index is 0.0778. The van der Waals surface area contributed by atoms with E-state index >= 15 is 0 Å². The maximum Gasteiger partial charge on any atom is 0.388 e. The summed E-state index contributed by atoms with van der Waals surface area (Å²) in [5.41, 5.74) is 2.94. The van der Waals surface area contributed by atoms with Crippen molar-refractivity contribution in [3.05, 3.63) is 53.5 Å². The van der Waals surface area contributed by atoms with Crippen LogP contribution in [0.2, 0.25) is 0 Å². The van der Waals surface area contributed by atoms with Crippen LogP contribution in [-0.2, 0) is 6.42 Å². The largest absolute Gasteiger partial charge is 0.417 e. The van der Waals surface area contributed by atoms with Crippen molar-refractivity contribution in [2.24, 2.45) is 0 Å². The highest BCUT2D eigenvalue weighted by Crippen LogP contribution is 2.13. The van der Waals surface area contributed by atoms with Crippen LogP contribution in [0.25, 0.3) is 0 Å². The summed E-state index contributed by atoms with van der Waals surface area (Å²) in [4.78, 5) is 8.03. The molecule has 2 rings (SSSR count). The van der Waals surface area contributed by atoms with Gasteiger partial charge in [0.15, 0.2) is 0 Å². The van der Waals surface area contributed by atoms with E-state index in [0.29, 0.717) is 6.42 Å². The average molecular weight is 250 g/mol. The molecule has 2 aromatic rings. The van der Waals surface area contributed by atoms with Gasteiger partial charge in [0.05, 0.1) is 0 Å². The zero-order valence-electron chi connectivity index (χ0n) is 9.81. The lowest BCUT2D eigenvalue weighted by molar-refractivity contribution is -0.0528. The fourth-order valence-corrected chi connectivity index (χ4v) is 1.58. The molecule has 0 aliphatic carbocycles. The number of hydrogen-bond acceptors (Lipinski definition) is 3. The molecule has 0 saturated heterocycles. The lowest BCUT2D eigenvalue weighted by atomic mass is 10.1. The number of aryl methyl sites for hydroxylation is 1. The fourth-order valence-electron chi connectivity index (χ4n) is 1.58. The Morgan fingerprint density at radius 3 is 2.67 bits per heavy atom. The molecule has 2 heterocycles. The van der Waals surface area contributed by atoms with Crippen molar-refractivity contribution in [1.82, 2.24) is 9.97 Å². The number of ether oxygens (including phenoxy) is 1. The van der Waals surface area contributed by atoms with Crippen LogP contribution in [0.3, 0.4) is 0 Å². The molecule has 3 nitrogen and oxygen atoms in total. The van der Waals surface area contributed by atoms with Crippen LogP contribution in [0.1, 0.15) is 16.8 Å². The molecular formula is C13H12F2N2O. The average Bonchev–Trinajstić information content (AvgIpc) is 2.31. The third kappa shape index (κ3) is 3.48. The number of aromatic nitrogens is 2. The van der Waals surface area contributed by atoms with Crippen LogP contribution in [0.15, 0.2) is 36.7 Å². The maximum atomic E-state index is 11.9. The Kier molecular flexibility index (Phi) is 3.82. The Morgan fingerprint density at radius 1 is 1.22 bits per heavy atom. The molecule has 0 bridgehead atoms. The smallest absolute Gasteiger partial charge is 0.388 e. The maximum absolute atomic E-state index is 11.9. The molecule has 0 aliphatic heterocycles. The summed E-state index contributed by atoms with van der Waals surface area (Å²) < 4.78 is 28.1. The van der Waals surface area contributed by atoms with Crippen molar-refractivity contribution in [2.75, 3.05) is 0 Å². The lowest BCUT2D eigenvalue weighted by Gasteiger charge is -2.05. The first-order chi connectivity index (χ1) is 8.63. The van der Waals surface area contributed by atoms with E-state index in [0.717, 1.165) is 16.8 Å². The van der Waals surface area contributed by atoms with Crippen molar-refractivity contribution >= 4 is 0 Å². The molecule has 0 aliphatic rings. The first-order valence-electron chi connectivity index (χ1n) is 5.45. The van der Waals surface area contributed by atoms with E-state index < -0.39 is 6.61 Å². The molecule has 0 fully saturated rings. The van der Waals surface area contributed by atoms with Crippen LogP contribution in [-0.4, -0.2) is 16.6 Å². The van der Waals surface area contributed by atoms with Gasteiger partial charge in [-0.25, -0.2) is 4.98 Å². The second-order valence-electron chi connectivity index (χ2n) is 3.88. The van der Waals surface area contributed by atoms with Gasteiger partial charge in [-0.2, -0.15) is 8.78 Å². The normalized spacial score (nSPS) is 10.7. The molecule has 94 valence electrons. The minimum atomic E-state index is -2.85. The summed E-state index contributed by atoms with van der Waals surface area (Å²) in [5.74, 6) is -0.0778. The van der Waals surface area contributed by atoms with Gasteiger partial charge in [-0.1, -0.05) is 6.07 Å². The summed E-state index contributed by atoms with van der Waals surface area (Å²) >= 11 is 0. The molecule has 0 amide bonds. The van der Waals surface area contributed by atoms with E-state index in [-0.39, 0.29) is 5.88 Å². The Bertz CT molecular complexity index is 515. The molecule has 0 spiro atoms. The quantitative estimate of drug-likeness (QED) is 0.836. The molecule has 18 heavy (non-hydrogen) atoms. The second kappa shape index (κ2) is 5.53. The van der Waals surface area contributed by atoms with Gasteiger partial charge in [0, 0.05) is 30.6 Å². The molecule has 0 aromatic carbocycles. The van der Waals surface area contributed by atoms with Crippen LogP contribution in [0.4, 0.5) is 8.78 Å². The number of halogens is 2. The van der Waals surface area contributed by atoms with E-state index in [1.165, 1.54) is 12.3 Å². The summed E-state index contributed by atoms with van der Waals surface area (Å²) in [5, 5.41) is 0. The monoisotopic (exact) mass is 250 g/mol. The Hall–Kier alpha value is -2.04. The summed E-state index contributed by atoms with van der Waals surface area (Å²) in [6.45, 7) is -0.856. The van der Waals surface area contributed by atoms with Crippen molar-refractivity contribution in [3.63, 3.8) is 0 Å². The first-order valence-corrected chi connectivity index (χ1v) is 5.45. The van der Waals surface area contributed by atoms with Crippen molar-refractivity contribution < 1.29 is 13.5 Å². The summed E-state index contributed by atoms with van der Waals surface area (Å²) in [6.07, 6.45) is 3.87. The number of hydrogen-bond donors (Lipinski definition) is 0. The number of nitrogens with zero attached hydrogens (tertiary/aromatic N) is 2. The molecule has 2 aromatic heterocycles. The third-order valence-corrected chi connectivity index (χ3v) is 2.36. The van der Waals surface area contributed by atoms with Crippen LogP contribution < -0.4 is 4.74 Å². The molecule has 5 heteroatoms. The Morgan fingerprint density at radius 2 is 2.06 bits per heavy atom. The topological polar surface area (TPSA) is 35.0 Å². The highest BCUT2D eigenvalue weighted by atomic mass is 19.3. The molecular weight excluding hydrogens is 238 g/mol. The van der Waals surface area contributed by atoms with Gasteiger partial charge >= 0.3 is 6.61 Å². The van der Waals surface area contributed by atoms with Gasteiger partial charge in [0.1, 0.15) is 0 Å². The van der Waals surface area contributed by atoms with Gasteiger partial charge in [0.25, 0.3) is 0 Å². The van der Waals surface area contributed by atoms with E-state index in [2.05, 4.69) is 14.7 Å². The van der Waals surface area contributed by atoms with Gasteiger partial charge in [-0.05, 0) is 30.2 Å². The van der Waals surface area contributed by atoms with Crippen LogP contribution in [0.5, 0.6) is 5.88 Å². The van der Waals surface area contributed by atoms with Crippen molar-refractivity contribution in [3.8, 4) is 5.88 Å². The Balaban J connectivity index is 2.06. The SMILES string of the molecule is Cc1ccnc(Cc2ccc(OC(F)F)nc2)c1. The van der Waals surface area contributed by atoms with Crippen molar-refractivity contribution in [1.29, 1.82) is 0 Å². The van der Waals surface area contributed by atoms with Gasteiger partial charge in [-0.15, -0.1) is 0 Å². The lowest BCUT2D eigenvalue weighted by Crippen LogP contribution is -2.03. The molecule has 0 saturated carbocycles. The Labute approximate surface area is 103 Å². The minimum Gasteiger partial charge on any atom is -0.417 e. The molecule has 0 atom stereocenters. The van der Waals surface area contributed by atoms with Crippen molar-refractivity contribution in [2.45, 2.75) is 20.0 Å². The van der Waals surface area contributed by atoms with Crippen LogP contribution >= 0.6 is 0 Å². The standard InChI is InChI=1S/C13H12F2N2O/c1-9-4-5-16-11(6-9)7-10-2-3-12(17-8-10)18-13(14)15/h2-6,8,13H,7H2,1H3. The first kappa shape index (κ1) is 12.4. The number of rotatable bonds is 4. The summed E-state index contributed by atoms with van der Waals surface area (Å²) in [7, 11) is 0. The van der Waals surface area contributed by atoms with Gasteiger partial charge < -0.3 is 4.74 Å². The zero-order valence-corrected chi connectivity index (χ0v) is 9.81. The van der Waals surface area contributed by atoms with E-state index in [4.69, 9.17) is 0 Å². The predicted octanol–water partition coefficient (Wildman–Crippen LogP) is 2.98. The highest BCUT2D eigenvalue weighted by molar-refractivity contribution is 5.24. The van der Waals surface area contributed by atoms with Gasteiger partial charge in [0.2, 0.25) is 5.88 Å². The highest BCUT2D eigenvalue weighted by Gasteiger charge is 2.05. The fraction of sp³-hybridized carbons (Fsp3) is 0.231. The van der Waals surface area contributed by atoms with Crippen LogP contribution in [0, 0.1) is 6.92 Å². The van der Waals surface area contributed by atoms with E-state index in [1.54, 1.807) is 12.3 Å². The summed E-state index contributed by atoms with van der Waals surface area (Å²) in [6, 6.07) is 7.02. The predicted molar refractivity (Wildman–Crippen MR) is 62.6 cm³/mol. The second-order valence-corrected chi connectivity index (χ2v) is 3.88. The molecule has 0 unspecified atom stereocenters. The van der Waals surface area contributed by atoms with E-state index in [9.17, 15) is 8.78 Å². The number of alkyl halides is 2. The number of pyridine rings is 2. The molecule has 0 N–H and O–H groups in total. The molecule has 0 radical (unpaired) electrons. The zero-order chi connectivity index (χ0) is 13.0. The van der Waals surface area contributed by atoms with Gasteiger partial charge in [-0.3, -0.25) is 4.98 Å².